The van der Waals surface area contributed by atoms with Gasteiger partial charge in [-0.15, -0.1) is 0 Å². The maximum absolute atomic E-state index is 12.9. The van der Waals surface area contributed by atoms with Crippen molar-refractivity contribution in [1.82, 2.24) is 0 Å². The first-order valence-corrected chi connectivity index (χ1v) is 10.5. The Bertz CT molecular complexity index is 953. The van der Waals surface area contributed by atoms with Gasteiger partial charge in [0.25, 0.3) is 5.91 Å². The minimum atomic E-state index is -3.59. The van der Waals surface area contributed by atoms with E-state index in [-0.39, 0.29) is 11.3 Å². The van der Waals surface area contributed by atoms with Gasteiger partial charge in [0.2, 0.25) is 10.0 Å². The standard InChI is InChI=1S/C20H26N2O5S/c1-13(2)14-7-9-15(10-8-14)21-20(23)16-11-18(26-4)19(27-5)12-17(16)22(3)28(6,24)25/h7-13H,1-6H3,(H,21,23). The molecule has 2 aromatic carbocycles. The Hall–Kier alpha value is -2.74. The molecule has 0 unspecified atom stereocenters. The Balaban J connectivity index is 2.47. The average Bonchev–Trinajstić information content (AvgIpc) is 2.65. The van der Waals surface area contributed by atoms with Crippen LogP contribution in [0.4, 0.5) is 11.4 Å². The highest BCUT2D eigenvalue weighted by molar-refractivity contribution is 7.92. The van der Waals surface area contributed by atoms with Crippen molar-refractivity contribution in [3.63, 3.8) is 0 Å². The topological polar surface area (TPSA) is 84.9 Å². The van der Waals surface area contributed by atoms with E-state index in [0.717, 1.165) is 16.1 Å². The van der Waals surface area contributed by atoms with E-state index in [1.807, 2.05) is 24.3 Å². The van der Waals surface area contributed by atoms with Gasteiger partial charge in [-0.3, -0.25) is 9.10 Å². The highest BCUT2D eigenvalue weighted by Crippen LogP contribution is 2.36. The third kappa shape index (κ3) is 4.75. The van der Waals surface area contributed by atoms with E-state index in [0.29, 0.717) is 23.1 Å². The number of carbonyl (C=O) groups is 1. The van der Waals surface area contributed by atoms with Crippen molar-refractivity contribution in [3.8, 4) is 11.5 Å². The van der Waals surface area contributed by atoms with Crippen LogP contribution in [0.5, 0.6) is 11.5 Å². The molecular formula is C20H26N2O5S. The van der Waals surface area contributed by atoms with Gasteiger partial charge in [-0.05, 0) is 29.7 Å². The van der Waals surface area contributed by atoms with E-state index in [4.69, 9.17) is 9.47 Å². The Kier molecular flexibility index (Phi) is 6.56. The molecule has 2 aromatic rings. The summed E-state index contributed by atoms with van der Waals surface area (Å²) in [6.45, 7) is 4.18. The van der Waals surface area contributed by atoms with Gasteiger partial charge < -0.3 is 14.8 Å². The zero-order chi connectivity index (χ0) is 21.1. The number of carbonyl (C=O) groups excluding carboxylic acids is 1. The fourth-order valence-electron chi connectivity index (χ4n) is 2.64. The van der Waals surface area contributed by atoms with Crippen LogP contribution in [0.1, 0.15) is 35.7 Å². The first-order valence-electron chi connectivity index (χ1n) is 8.69. The molecule has 0 aliphatic carbocycles. The van der Waals surface area contributed by atoms with Crippen molar-refractivity contribution >= 4 is 27.3 Å². The molecule has 0 atom stereocenters. The molecule has 1 N–H and O–H groups in total. The van der Waals surface area contributed by atoms with E-state index in [2.05, 4.69) is 19.2 Å². The Morgan fingerprint density at radius 3 is 2.04 bits per heavy atom. The second-order valence-corrected chi connectivity index (χ2v) is 8.70. The molecule has 0 saturated carbocycles. The van der Waals surface area contributed by atoms with Gasteiger partial charge >= 0.3 is 0 Å². The normalized spacial score (nSPS) is 11.2. The van der Waals surface area contributed by atoms with E-state index in [1.165, 1.54) is 33.4 Å². The molecule has 0 spiro atoms. The third-order valence-corrected chi connectivity index (χ3v) is 5.61. The van der Waals surface area contributed by atoms with Crippen molar-refractivity contribution in [1.29, 1.82) is 0 Å². The molecule has 28 heavy (non-hydrogen) atoms. The van der Waals surface area contributed by atoms with E-state index < -0.39 is 15.9 Å². The lowest BCUT2D eigenvalue weighted by Gasteiger charge is -2.22. The van der Waals surface area contributed by atoms with Crippen LogP contribution in [0.25, 0.3) is 0 Å². The Morgan fingerprint density at radius 1 is 1.04 bits per heavy atom. The van der Waals surface area contributed by atoms with Crippen LogP contribution in [-0.4, -0.2) is 41.8 Å². The number of amides is 1. The molecule has 0 aromatic heterocycles. The number of hydrogen-bond acceptors (Lipinski definition) is 5. The molecule has 2 rings (SSSR count). The molecule has 152 valence electrons. The van der Waals surface area contributed by atoms with Crippen LogP contribution in [-0.2, 0) is 10.0 Å². The van der Waals surface area contributed by atoms with Crippen LogP contribution >= 0.6 is 0 Å². The number of rotatable bonds is 7. The predicted octanol–water partition coefficient (Wildman–Crippen LogP) is 3.48. The molecule has 1 amide bonds. The second kappa shape index (κ2) is 8.52. The molecular weight excluding hydrogens is 380 g/mol. The smallest absolute Gasteiger partial charge is 0.257 e. The fourth-order valence-corrected chi connectivity index (χ4v) is 3.15. The SMILES string of the molecule is COc1cc(C(=O)Nc2ccc(C(C)C)cc2)c(N(C)S(C)(=O)=O)cc1OC. The molecule has 0 fully saturated rings. The summed E-state index contributed by atoms with van der Waals surface area (Å²) < 4.78 is 35.6. The summed E-state index contributed by atoms with van der Waals surface area (Å²) in [6.07, 6.45) is 1.07. The maximum Gasteiger partial charge on any atom is 0.257 e. The second-order valence-electron chi connectivity index (χ2n) is 6.69. The van der Waals surface area contributed by atoms with Crippen LogP contribution < -0.4 is 19.1 Å². The van der Waals surface area contributed by atoms with Crippen molar-refractivity contribution < 1.29 is 22.7 Å². The fraction of sp³-hybridized carbons (Fsp3) is 0.350. The first-order chi connectivity index (χ1) is 13.1. The van der Waals surface area contributed by atoms with E-state index >= 15 is 0 Å². The number of sulfonamides is 1. The Morgan fingerprint density at radius 2 is 1.57 bits per heavy atom. The molecule has 0 heterocycles. The number of benzene rings is 2. The van der Waals surface area contributed by atoms with Crippen LogP contribution in [0.15, 0.2) is 36.4 Å². The van der Waals surface area contributed by atoms with Gasteiger partial charge in [0.05, 0.1) is 31.7 Å². The average molecular weight is 407 g/mol. The molecule has 0 saturated heterocycles. The Labute approximate surface area is 166 Å². The summed E-state index contributed by atoms with van der Waals surface area (Å²) in [6, 6.07) is 10.4. The molecule has 0 radical (unpaired) electrons. The quantitative estimate of drug-likeness (QED) is 0.761. The van der Waals surface area contributed by atoms with E-state index in [1.54, 1.807) is 0 Å². The summed E-state index contributed by atoms with van der Waals surface area (Å²) in [4.78, 5) is 12.9. The van der Waals surface area contributed by atoms with Crippen molar-refractivity contribution in [2.24, 2.45) is 0 Å². The van der Waals surface area contributed by atoms with Crippen molar-refractivity contribution in [2.45, 2.75) is 19.8 Å². The zero-order valence-corrected chi connectivity index (χ0v) is 17.8. The monoisotopic (exact) mass is 406 g/mol. The van der Waals surface area contributed by atoms with Gasteiger partial charge in [0, 0.05) is 18.8 Å². The summed E-state index contributed by atoms with van der Waals surface area (Å²) in [5.74, 6) is 0.577. The molecule has 7 nitrogen and oxygen atoms in total. The van der Waals surface area contributed by atoms with Gasteiger partial charge in [-0.2, -0.15) is 0 Å². The number of methoxy groups -OCH3 is 2. The van der Waals surface area contributed by atoms with Crippen LogP contribution in [0.2, 0.25) is 0 Å². The lowest BCUT2D eigenvalue weighted by molar-refractivity contribution is 0.102. The first kappa shape index (κ1) is 21.6. The number of hydrogen-bond donors (Lipinski definition) is 1. The van der Waals surface area contributed by atoms with Crippen LogP contribution in [0.3, 0.4) is 0 Å². The number of nitrogens with zero attached hydrogens (tertiary/aromatic N) is 1. The third-order valence-electron chi connectivity index (χ3n) is 4.42. The number of ether oxygens (including phenoxy) is 2. The summed E-state index contributed by atoms with van der Waals surface area (Å²) in [5, 5.41) is 2.80. The van der Waals surface area contributed by atoms with Crippen molar-refractivity contribution in [2.75, 3.05) is 37.1 Å². The lowest BCUT2D eigenvalue weighted by Crippen LogP contribution is -2.28. The predicted molar refractivity (Wildman–Crippen MR) is 111 cm³/mol. The minimum Gasteiger partial charge on any atom is -0.493 e. The maximum atomic E-state index is 12.9. The zero-order valence-electron chi connectivity index (χ0n) is 16.9. The van der Waals surface area contributed by atoms with Gasteiger partial charge in [0.15, 0.2) is 11.5 Å². The minimum absolute atomic E-state index is 0.151. The molecule has 8 heteroatoms. The number of nitrogens with one attached hydrogen (secondary N) is 1. The van der Waals surface area contributed by atoms with E-state index in [9.17, 15) is 13.2 Å². The largest absolute Gasteiger partial charge is 0.493 e. The molecule has 0 aliphatic heterocycles. The number of anilines is 2. The van der Waals surface area contributed by atoms with Gasteiger partial charge in [-0.1, -0.05) is 26.0 Å². The molecule has 0 bridgehead atoms. The highest BCUT2D eigenvalue weighted by atomic mass is 32.2. The van der Waals surface area contributed by atoms with Gasteiger partial charge in [-0.25, -0.2) is 8.42 Å². The van der Waals surface area contributed by atoms with Gasteiger partial charge in [0.1, 0.15) is 0 Å². The highest BCUT2D eigenvalue weighted by Gasteiger charge is 2.23. The summed E-state index contributed by atoms with van der Waals surface area (Å²) >= 11 is 0. The summed E-state index contributed by atoms with van der Waals surface area (Å²) in [5.41, 5.74) is 2.11. The van der Waals surface area contributed by atoms with Crippen LogP contribution in [0, 0.1) is 0 Å². The lowest BCUT2D eigenvalue weighted by atomic mass is 10.0. The molecule has 0 aliphatic rings. The summed E-state index contributed by atoms with van der Waals surface area (Å²) in [7, 11) is 0.683. The van der Waals surface area contributed by atoms with Crippen molar-refractivity contribution in [3.05, 3.63) is 47.5 Å².